The zero-order valence-electron chi connectivity index (χ0n) is 19.4. The van der Waals surface area contributed by atoms with Crippen molar-refractivity contribution in [1.82, 2.24) is 9.97 Å². The summed E-state index contributed by atoms with van der Waals surface area (Å²) in [5.41, 5.74) is 2.75. The summed E-state index contributed by atoms with van der Waals surface area (Å²) in [7, 11) is 0. The van der Waals surface area contributed by atoms with Crippen LogP contribution in [0.25, 0.3) is 11.1 Å². The number of hydrogen-bond acceptors (Lipinski definition) is 7. The highest BCUT2D eigenvalue weighted by Gasteiger charge is 2.40. The van der Waals surface area contributed by atoms with Crippen molar-refractivity contribution in [3.63, 3.8) is 0 Å². The molecule has 0 bridgehead atoms. The topological polar surface area (TPSA) is 103 Å². The molecular weight excluding hydrogens is 422 g/mol. The van der Waals surface area contributed by atoms with Gasteiger partial charge in [0.25, 0.3) is 0 Å². The standard InChI is InChI=1S/C25H33N3O5/c1-3-32-23-17(2)20(8-11-26-23)21-15-27-22(14-18(21)16-33-19-6-4-5-7-19)28-25(24(29)30)9-12-31-13-10-25/h8,11,14-15,19H,3-7,9-10,12-13,16H2,1-2H3,(H,27,28)(H,29,30). The molecule has 0 radical (unpaired) electrons. The molecule has 3 heterocycles. The SMILES string of the molecule is CCOc1nccc(-c2cnc(NC3(C(=O)O)CCOCC3)cc2COC2CCCC2)c1C. The molecule has 8 nitrogen and oxygen atoms in total. The molecule has 0 aromatic carbocycles. The fourth-order valence-electron chi connectivity index (χ4n) is 4.64. The number of carbonyl (C=O) groups is 1. The molecule has 2 fully saturated rings. The van der Waals surface area contributed by atoms with E-state index in [-0.39, 0.29) is 6.10 Å². The number of aromatic nitrogens is 2. The van der Waals surface area contributed by atoms with Gasteiger partial charge in [-0.15, -0.1) is 0 Å². The quantitative estimate of drug-likeness (QED) is 0.575. The van der Waals surface area contributed by atoms with Gasteiger partial charge in [0, 0.05) is 49.6 Å². The van der Waals surface area contributed by atoms with E-state index in [9.17, 15) is 9.90 Å². The lowest BCUT2D eigenvalue weighted by molar-refractivity contribution is -0.145. The maximum Gasteiger partial charge on any atom is 0.329 e. The zero-order chi connectivity index (χ0) is 23.3. The summed E-state index contributed by atoms with van der Waals surface area (Å²) in [4.78, 5) is 21.1. The molecule has 0 unspecified atom stereocenters. The smallest absolute Gasteiger partial charge is 0.329 e. The minimum atomic E-state index is -1.08. The number of carboxylic acids is 1. The Hall–Kier alpha value is -2.71. The number of nitrogens with one attached hydrogen (secondary N) is 1. The van der Waals surface area contributed by atoms with E-state index in [1.54, 1.807) is 12.4 Å². The van der Waals surface area contributed by atoms with Crippen LogP contribution < -0.4 is 10.1 Å². The first-order chi connectivity index (χ1) is 16.0. The van der Waals surface area contributed by atoms with E-state index in [1.165, 1.54) is 12.8 Å². The fourth-order valence-corrected chi connectivity index (χ4v) is 4.64. The largest absolute Gasteiger partial charge is 0.480 e. The Morgan fingerprint density at radius 3 is 2.70 bits per heavy atom. The second-order valence-corrected chi connectivity index (χ2v) is 8.79. The highest BCUT2D eigenvalue weighted by atomic mass is 16.5. The van der Waals surface area contributed by atoms with Crippen molar-refractivity contribution >= 4 is 11.8 Å². The molecular formula is C25H33N3O5. The van der Waals surface area contributed by atoms with Crippen LogP contribution >= 0.6 is 0 Å². The summed E-state index contributed by atoms with van der Waals surface area (Å²) in [5.74, 6) is 0.253. The summed E-state index contributed by atoms with van der Waals surface area (Å²) >= 11 is 0. The van der Waals surface area contributed by atoms with Crippen molar-refractivity contribution in [3.8, 4) is 17.0 Å². The van der Waals surface area contributed by atoms with Crippen LogP contribution in [0.15, 0.2) is 24.5 Å². The average Bonchev–Trinajstić information content (AvgIpc) is 3.34. The van der Waals surface area contributed by atoms with E-state index in [4.69, 9.17) is 14.2 Å². The normalized spacial score (nSPS) is 18.2. The molecule has 1 aliphatic heterocycles. The Morgan fingerprint density at radius 1 is 1.24 bits per heavy atom. The molecule has 2 aliphatic rings. The number of nitrogens with zero attached hydrogens (tertiary/aromatic N) is 2. The molecule has 178 valence electrons. The molecule has 8 heteroatoms. The van der Waals surface area contributed by atoms with Gasteiger partial charge >= 0.3 is 5.97 Å². The van der Waals surface area contributed by atoms with E-state index in [0.717, 1.165) is 35.1 Å². The van der Waals surface area contributed by atoms with Gasteiger partial charge in [-0.25, -0.2) is 14.8 Å². The number of anilines is 1. The van der Waals surface area contributed by atoms with E-state index < -0.39 is 11.5 Å². The molecule has 1 aliphatic carbocycles. The zero-order valence-corrected chi connectivity index (χ0v) is 19.4. The molecule has 2 aromatic rings. The second kappa shape index (κ2) is 10.5. The lowest BCUT2D eigenvalue weighted by atomic mass is 9.90. The van der Waals surface area contributed by atoms with E-state index in [2.05, 4.69) is 15.3 Å². The first kappa shape index (κ1) is 23.4. The van der Waals surface area contributed by atoms with Crippen molar-refractivity contribution < 1.29 is 24.1 Å². The van der Waals surface area contributed by atoms with E-state index in [0.29, 0.717) is 51.0 Å². The van der Waals surface area contributed by atoms with Crippen LogP contribution in [0.3, 0.4) is 0 Å². The molecule has 0 amide bonds. The molecule has 0 spiro atoms. The lowest BCUT2D eigenvalue weighted by Crippen LogP contribution is -2.50. The van der Waals surface area contributed by atoms with Crippen molar-refractivity contribution in [2.45, 2.75) is 70.6 Å². The Morgan fingerprint density at radius 2 is 2.00 bits per heavy atom. The minimum absolute atomic E-state index is 0.265. The van der Waals surface area contributed by atoms with Gasteiger partial charge in [-0.3, -0.25) is 0 Å². The highest BCUT2D eigenvalue weighted by molar-refractivity contribution is 5.83. The number of ether oxygens (including phenoxy) is 3. The summed E-state index contributed by atoms with van der Waals surface area (Å²) in [6.45, 7) is 5.72. The van der Waals surface area contributed by atoms with Crippen molar-refractivity contribution in [3.05, 3.63) is 35.7 Å². The maximum absolute atomic E-state index is 12.1. The Labute approximate surface area is 194 Å². The third-order valence-corrected chi connectivity index (χ3v) is 6.62. The number of aliphatic carboxylic acids is 1. The monoisotopic (exact) mass is 455 g/mol. The first-order valence-electron chi connectivity index (χ1n) is 11.8. The molecule has 2 N–H and O–H groups in total. The predicted molar refractivity (Wildman–Crippen MR) is 124 cm³/mol. The summed E-state index contributed by atoms with van der Waals surface area (Å²) in [5, 5.41) is 13.1. The number of carboxylic acid groups (broad SMARTS) is 1. The van der Waals surface area contributed by atoms with Gasteiger partial charge in [0.2, 0.25) is 5.88 Å². The molecule has 1 saturated heterocycles. The number of pyridine rings is 2. The summed E-state index contributed by atoms with van der Waals surface area (Å²) in [6.07, 6.45) is 9.14. The Balaban J connectivity index is 1.67. The molecule has 33 heavy (non-hydrogen) atoms. The summed E-state index contributed by atoms with van der Waals surface area (Å²) in [6, 6.07) is 3.88. The van der Waals surface area contributed by atoms with Crippen molar-refractivity contribution in [2.24, 2.45) is 0 Å². The Kier molecular flexibility index (Phi) is 7.45. The lowest BCUT2D eigenvalue weighted by Gasteiger charge is -2.34. The number of hydrogen-bond donors (Lipinski definition) is 2. The van der Waals surface area contributed by atoms with Crippen LogP contribution in [-0.2, 0) is 20.9 Å². The Bertz CT molecular complexity index is 969. The highest BCUT2D eigenvalue weighted by Crippen LogP contribution is 2.34. The van der Waals surface area contributed by atoms with Crippen molar-refractivity contribution in [2.75, 3.05) is 25.1 Å². The van der Waals surface area contributed by atoms with Crippen LogP contribution in [0, 0.1) is 6.92 Å². The van der Waals surface area contributed by atoms with E-state index in [1.807, 2.05) is 26.0 Å². The van der Waals surface area contributed by atoms with Gasteiger partial charge in [-0.2, -0.15) is 0 Å². The fraction of sp³-hybridized carbons (Fsp3) is 0.560. The number of rotatable bonds is 9. The van der Waals surface area contributed by atoms with Gasteiger partial charge in [0.1, 0.15) is 11.4 Å². The molecule has 0 atom stereocenters. The van der Waals surface area contributed by atoms with Gasteiger partial charge in [-0.05, 0) is 49.9 Å². The van der Waals surface area contributed by atoms with Crippen LogP contribution in [-0.4, -0.2) is 52.5 Å². The van der Waals surface area contributed by atoms with Crippen molar-refractivity contribution in [1.29, 1.82) is 0 Å². The van der Waals surface area contributed by atoms with Crippen LogP contribution in [0.4, 0.5) is 5.82 Å². The van der Waals surface area contributed by atoms with Crippen LogP contribution in [0.5, 0.6) is 5.88 Å². The third-order valence-electron chi connectivity index (χ3n) is 6.62. The molecule has 2 aromatic heterocycles. The summed E-state index contributed by atoms with van der Waals surface area (Å²) < 4.78 is 17.3. The van der Waals surface area contributed by atoms with Crippen LogP contribution in [0.1, 0.15) is 56.6 Å². The molecule has 4 rings (SSSR count). The first-order valence-corrected chi connectivity index (χ1v) is 11.8. The second-order valence-electron chi connectivity index (χ2n) is 8.79. The third kappa shape index (κ3) is 5.28. The average molecular weight is 456 g/mol. The minimum Gasteiger partial charge on any atom is -0.480 e. The van der Waals surface area contributed by atoms with Crippen LogP contribution in [0.2, 0.25) is 0 Å². The van der Waals surface area contributed by atoms with Gasteiger partial charge in [0.15, 0.2) is 0 Å². The van der Waals surface area contributed by atoms with Gasteiger partial charge in [0.05, 0.1) is 19.3 Å². The molecule has 1 saturated carbocycles. The van der Waals surface area contributed by atoms with Gasteiger partial charge < -0.3 is 24.6 Å². The van der Waals surface area contributed by atoms with Gasteiger partial charge in [-0.1, -0.05) is 12.8 Å². The predicted octanol–water partition coefficient (Wildman–Crippen LogP) is 4.36. The van der Waals surface area contributed by atoms with E-state index >= 15 is 0 Å². The maximum atomic E-state index is 12.1.